The lowest BCUT2D eigenvalue weighted by Gasteiger charge is -2.01. The molecule has 0 bridgehead atoms. The van der Waals surface area contributed by atoms with Gasteiger partial charge in [-0.15, -0.1) is 15.3 Å². The van der Waals surface area contributed by atoms with Crippen LogP contribution in [0.3, 0.4) is 0 Å². The van der Waals surface area contributed by atoms with Gasteiger partial charge in [-0.3, -0.25) is 4.79 Å². The number of anilines is 1. The highest BCUT2D eigenvalue weighted by Crippen LogP contribution is 2.18. The number of carbonyl (C=O) groups is 1. The van der Waals surface area contributed by atoms with E-state index in [2.05, 4.69) is 20.6 Å². The van der Waals surface area contributed by atoms with Gasteiger partial charge in [-0.25, -0.2) is 0 Å². The summed E-state index contributed by atoms with van der Waals surface area (Å²) in [6, 6.07) is 9.93. The maximum absolute atomic E-state index is 11.9. The Hall–Kier alpha value is -2.28. The van der Waals surface area contributed by atoms with E-state index in [1.807, 2.05) is 37.3 Å². The minimum atomic E-state index is -0.0449. The Morgan fingerprint density at radius 2 is 2.10 bits per heavy atom. The van der Waals surface area contributed by atoms with E-state index in [0.717, 1.165) is 12.0 Å². The van der Waals surface area contributed by atoms with Crippen molar-refractivity contribution < 1.29 is 4.79 Å². The number of rotatable bonds is 4. The molecule has 0 aliphatic heterocycles. The van der Waals surface area contributed by atoms with Crippen LogP contribution in [0.1, 0.15) is 17.8 Å². The van der Waals surface area contributed by atoms with Crippen molar-refractivity contribution in [2.75, 3.05) is 5.32 Å². The third-order valence-electron chi connectivity index (χ3n) is 2.88. The molecule has 7 heteroatoms. The number of carbonyl (C=O) groups excluding carboxylic acids is 1. The monoisotopic (exact) mass is 287 g/mol. The largest absolute Gasteiger partial charge is 0.301 e. The molecule has 1 aromatic carbocycles. The van der Waals surface area contributed by atoms with Crippen LogP contribution in [0.4, 0.5) is 5.13 Å². The summed E-state index contributed by atoms with van der Waals surface area (Å²) in [7, 11) is 0. The van der Waals surface area contributed by atoms with Crippen molar-refractivity contribution >= 4 is 27.3 Å². The highest BCUT2D eigenvalue weighted by atomic mass is 32.1. The van der Waals surface area contributed by atoms with E-state index in [0.29, 0.717) is 22.3 Å². The third kappa shape index (κ3) is 2.67. The van der Waals surface area contributed by atoms with Gasteiger partial charge in [-0.05, 0) is 18.9 Å². The summed E-state index contributed by atoms with van der Waals surface area (Å²) in [4.78, 5) is 12.6. The Labute approximate surface area is 119 Å². The molecule has 0 saturated carbocycles. The van der Waals surface area contributed by atoms with E-state index in [1.54, 1.807) is 4.52 Å². The zero-order valence-electron chi connectivity index (χ0n) is 10.9. The molecule has 0 radical (unpaired) electrons. The van der Waals surface area contributed by atoms with Crippen molar-refractivity contribution in [3.63, 3.8) is 0 Å². The number of nitrogens with one attached hydrogen (secondary N) is 1. The molecular weight excluding hydrogens is 274 g/mol. The van der Waals surface area contributed by atoms with Crippen molar-refractivity contribution in [1.82, 2.24) is 19.8 Å². The zero-order valence-corrected chi connectivity index (χ0v) is 11.7. The maximum atomic E-state index is 11.9. The fraction of sp³-hybridized carbons (Fsp3) is 0.231. The van der Waals surface area contributed by atoms with Gasteiger partial charge >= 0.3 is 0 Å². The van der Waals surface area contributed by atoms with E-state index in [1.165, 1.54) is 11.3 Å². The van der Waals surface area contributed by atoms with Gasteiger partial charge in [0.1, 0.15) is 0 Å². The van der Waals surface area contributed by atoms with E-state index in [9.17, 15) is 4.79 Å². The molecule has 6 nitrogen and oxygen atoms in total. The highest BCUT2D eigenvalue weighted by molar-refractivity contribution is 7.20. The molecule has 0 saturated heterocycles. The number of benzene rings is 1. The Morgan fingerprint density at radius 1 is 1.30 bits per heavy atom. The lowest BCUT2D eigenvalue weighted by Crippen LogP contribution is -2.12. The summed E-state index contributed by atoms with van der Waals surface area (Å²) < 4.78 is 1.62. The van der Waals surface area contributed by atoms with Crippen molar-refractivity contribution in [2.24, 2.45) is 0 Å². The van der Waals surface area contributed by atoms with Crippen LogP contribution in [0, 0.1) is 6.92 Å². The van der Waals surface area contributed by atoms with Gasteiger partial charge in [-0.2, -0.15) is 4.52 Å². The first kappa shape index (κ1) is 12.7. The topological polar surface area (TPSA) is 72.2 Å². The van der Waals surface area contributed by atoms with Crippen LogP contribution in [0.2, 0.25) is 0 Å². The van der Waals surface area contributed by atoms with Gasteiger partial charge in [0, 0.05) is 6.42 Å². The summed E-state index contributed by atoms with van der Waals surface area (Å²) in [5.74, 6) is 0.664. The first-order valence-electron chi connectivity index (χ1n) is 6.25. The molecule has 0 spiro atoms. The van der Waals surface area contributed by atoms with Crippen LogP contribution in [-0.4, -0.2) is 25.7 Å². The van der Waals surface area contributed by atoms with Crippen LogP contribution < -0.4 is 5.32 Å². The van der Waals surface area contributed by atoms with Gasteiger partial charge in [-0.1, -0.05) is 41.7 Å². The highest BCUT2D eigenvalue weighted by Gasteiger charge is 2.11. The second kappa shape index (κ2) is 5.38. The first-order chi connectivity index (χ1) is 9.72. The van der Waals surface area contributed by atoms with Crippen molar-refractivity contribution in [3.8, 4) is 0 Å². The van der Waals surface area contributed by atoms with Crippen LogP contribution in [0.5, 0.6) is 0 Å². The molecule has 3 rings (SSSR count). The normalized spacial score (nSPS) is 10.8. The summed E-state index contributed by atoms with van der Waals surface area (Å²) in [6.45, 7) is 1.82. The lowest BCUT2D eigenvalue weighted by molar-refractivity contribution is -0.116. The maximum Gasteiger partial charge on any atom is 0.236 e. The molecule has 0 fully saturated rings. The Kier molecular flexibility index (Phi) is 3.42. The van der Waals surface area contributed by atoms with E-state index < -0.39 is 0 Å². The second-order valence-corrected chi connectivity index (χ2v) is 5.34. The molecule has 0 aliphatic carbocycles. The van der Waals surface area contributed by atoms with Gasteiger partial charge in [0.25, 0.3) is 0 Å². The standard InChI is InChI=1S/C13H13N5OS/c1-9-15-16-13-18(9)17-12(20-13)14-11(19)8-7-10-5-3-2-4-6-10/h2-6H,7-8H2,1H3,(H,14,17,19). The summed E-state index contributed by atoms with van der Waals surface area (Å²) in [6.07, 6.45) is 1.15. The number of aryl methyl sites for hydroxylation is 2. The van der Waals surface area contributed by atoms with Crippen LogP contribution in [-0.2, 0) is 11.2 Å². The fourth-order valence-corrected chi connectivity index (χ4v) is 2.65. The van der Waals surface area contributed by atoms with Crippen LogP contribution >= 0.6 is 11.3 Å². The average molecular weight is 287 g/mol. The number of hydrogen-bond donors (Lipinski definition) is 1. The molecule has 1 N–H and O–H groups in total. The Bertz CT molecular complexity index is 734. The molecule has 2 aromatic heterocycles. The predicted molar refractivity (Wildman–Crippen MR) is 76.8 cm³/mol. The van der Waals surface area contributed by atoms with Crippen molar-refractivity contribution in [3.05, 3.63) is 41.7 Å². The summed E-state index contributed by atoms with van der Waals surface area (Å²) >= 11 is 1.31. The quantitative estimate of drug-likeness (QED) is 0.797. The number of aromatic nitrogens is 4. The zero-order chi connectivity index (χ0) is 13.9. The average Bonchev–Trinajstić information content (AvgIpc) is 3.00. The molecule has 20 heavy (non-hydrogen) atoms. The fourth-order valence-electron chi connectivity index (χ4n) is 1.85. The van der Waals surface area contributed by atoms with E-state index >= 15 is 0 Å². The van der Waals surface area contributed by atoms with Gasteiger partial charge < -0.3 is 5.32 Å². The molecular formula is C13H13N5OS. The molecule has 0 aliphatic rings. The van der Waals surface area contributed by atoms with E-state index in [-0.39, 0.29) is 5.91 Å². The second-order valence-electron chi connectivity index (χ2n) is 4.38. The number of hydrogen-bond acceptors (Lipinski definition) is 5. The smallest absolute Gasteiger partial charge is 0.236 e. The third-order valence-corrected chi connectivity index (χ3v) is 3.69. The minimum absolute atomic E-state index is 0.0449. The van der Waals surface area contributed by atoms with Gasteiger partial charge in [0.2, 0.25) is 16.0 Å². The number of fused-ring (bicyclic) bond motifs is 1. The van der Waals surface area contributed by atoms with Gasteiger partial charge in [0.15, 0.2) is 5.82 Å². The lowest BCUT2D eigenvalue weighted by atomic mass is 10.1. The van der Waals surface area contributed by atoms with Crippen LogP contribution in [0.25, 0.3) is 4.96 Å². The van der Waals surface area contributed by atoms with E-state index in [4.69, 9.17) is 0 Å². The Morgan fingerprint density at radius 3 is 2.85 bits per heavy atom. The molecule has 3 aromatic rings. The summed E-state index contributed by atoms with van der Waals surface area (Å²) in [5, 5.41) is 15.4. The molecule has 0 unspecified atom stereocenters. The first-order valence-corrected chi connectivity index (χ1v) is 7.06. The minimum Gasteiger partial charge on any atom is -0.301 e. The number of amides is 1. The SMILES string of the molecule is Cc1nnc2sc(NC(=O)CCc3ccccc3)nn12. The molecule has 102 valence electrons. The number of nitrogens with zero attached hydrogens (tertiary/aromatic N) is 4. The van der Waals surface area contributed by atoms with Crippen LogP contribution in [0.15, 0.2) is 30.3 Å². The molecule has 0 atom stereocenters. The predicted octanol–water partition coefficient (Wildman–Crippen LogP) is 2.07. The molecule has 1 amide bonds. The Balaban J connectivity index is 1.61. The summed E-state index contributed by atoms with van der Waals surface area (Å²) in [5.41, 5.74) is 1.15. The van der Waals surface area contributed by atoms with Crippen molar-refractivity contribution in [2.45, 2.75) is 19.8 Å². The van der Waals surface area contributed by atoms with Crippen molar-refractivity contribution in [1.29, 1.82) is 0 Å². The molecule has 2 heterocycles. The van der Waals surface area contributed by atoms with Gasteiger partial charge in [0.05, 0.1) is 0 Å².